The number of carbonyl (C=O) groups is 2. The second-order valence-corrected chi connectivity index (χ2v) is 9.48. The quantitative estimate of drug-likeness (QED) is 0.724. The van der Waals surface area contributed by atoms with E-state index >= 15 is 0 Å². The van der Waals surface area contributed by atoms with E-state index in [0.29, 0.717) is 30.0 Å². The van der Waals surface area contributed by atoms with Gasteiger partial charge in [-0.15, -0.1) is 11.3 Å². The molecule has 1 unspecified atom stereocenters. The summed E-state index contributed by atoms with van der Waals surface area (Å²) in [7, 11) is 1.36. The summed E-state index contributed by atoms with van der Waals surface area (Å²) in [5.74, 6) is 0.175. The van der Waals surface area contributed by atoms with E-state index in [1.165, 1.54) is 18.4 Å². The first-order valence-corrected chi connectivity index (χ1v) is 9.60. The molecule has 26 heavy (non-hydrogen) atoms. The number of esters is 1. The fourth-order valence-corrected chi connectivity index (χ4v) is 3.96. The number of nitrogens with zero attached hydrogens (tertiary/aromatic N) is 1. The summed E-state index contributed by atoms with van der Waals surface area (Å²) >= 11 is 1.36. The van der Waals surface area contributed by atoms with Crippen LogP contribution < -0.4 is 4.74 Å². The Morgan fingerprint density at radius 3 is 2.50 bits per heavy atom. The lowest BCUT2D eigenvalue weighted by atomic mass is 9.89. The Morgan fingerprint density at radius 2 is 1.96 bits per heavy atom. The smallest absolute Gasteiger partial charge is 0.410 e. The Kier molecular flexibility index (Phi) is 5.90. The molecule has 1 amide bonds. The Morgan fingerprint density at radius 1 is 1.31 bits per heavy atom. The lowest BCUT2D eigenvalue weighted by molar-refractivity contribution is -0.0262. The second-order valence-electron chi connectivity index (χ2n) is 8.22. The van der Waals surface area contributed by atoms with Crippen molar-refractivity contribution in [3.8, 4) is 5.75 Å². The third-order valence-electron chi connectivity index (χ3n) is 4.23. The van der Waals surface area contributed by atoms with Gasteiger partial charge in [0.15, 0.2) is 4.88 Å². The minimum absolute atomic E-state index is 0.0823. The number of thiophene rings is 1. The van der Waals surface area contributed by atoms with Crippen LogP contribution in [0, 0.1) is 6.92 Å². The van der Waals surface area contributed by atoms with Gasteiger partial charge in [-0.05, 0) is 47.6 Å². The first kappa shape index (κ1) is 20.6. The molecule has 0 spiro atoms. The number of hydrogen-bond donors (Lipinski definition) is 0. The molecule has 1 aromatic rings. The van der Waals surface area contributed by atoms with E-state index in [0.717, 1.165) is 4.88 Å². The first-order chi connectivity index (χ1) is 11.9. The highest BCUT2D eigenvalue weighted by atomic mass is 32.1. The van der Waals surface area contributed by atoms with E-state index in [2.05, 4.69) is 0 Å². The van der Waals surface area contributed by atoms with Crippen molar-refractivity contribution in [2.45, 2.75) is 71.6 Å². The molecule has 1 atom stereocenters. The molecule has 0 saturated carbocycles. The van der Waals surface area contributed by atoms with E-state index in [1.807, 2.05) is 47.6 Å². The van der Waals surface area contributed by atoms with Crippen LogP contribution in [0.2, 0.25) is 0 Å². The van der Waals surface area contributed by atoms with Crippen LogP contribution in [0.5, 0.6) is 5.75 Å². The van der Waals surface area contributed by atoms with E-state index < -0.39 is 11.1 Å². The van der Waals surface area contributed by atoms with Crippen LogP contribution in [0.15, 0.2) is 6.07 Å². The van der Waals surface area contributed by atoms with Gasteiger partial charge in [-0.1, -0.05) is 0 Å². The first-order valence-electron chi connectivity index (χ1n) is 8.79. The van der Waals surface area contributed by atoms with Gasteiger partial charge in [-0.2, -0.15) is 0 Å². The van der Waals surface area contributed by atoms with Gasteiger partial charge in [-0.25, -0.2) is 9.59 Å². The molecule has 1 aliphatic heterocycles. The molecule has 1 saturated heterocycles. The maximum atomic E-state index is 12.5. The molecule has 7 heteroatoms. The van der Waals surface area contributed by atoms with Crippen molar-refractivity contribution in [3.63, 3.8) is 0 Å². The van der Waals surface area contributed by atoms with Crippen molar-refractivity contribution in [2.75, 3.05) is 13.7 Å². The molecule has 0 bridgehead atoms. The van der Waals surface area contributed by atoms with Gasteiger partial charge in [0.05, 0.1) is 7.11 Å². The number of methoxy groups -OCH3 is 1. The number of rotatable bonds is 3. The van der Waals surface area contributed by atoms with E-state index in [1.54, 1.807) is 4.90 Å². The van der Waals surface area contributed by atoms with E-state index in [4.69, 9.17) is 14.2 Å². The molecule has 0 radical (unpaired) electrons. The van der Waals surface area contributed by atoms with Gasteiger partial charge in [0, 0.05) is 29.8 Å². The second kappa shape index (κ2) is 7.47. The number of carbonyl (C=O) groups excluding carboxylic acids is 2. The fourth-order valence-electron chi connectivity index (χ4n) is 3.09. The van der Waals surface area contributed by atoms with Gasteiger partial charge in [0.25, 0.3) is 0 Å². The summed E-state index contributed by atoms with van der Waals surface area (Å²) in [5.41, 5.74) is -0.925. The molecule has 0 N–H and O–H groups in total. The van der Waals surface area contributed by atoms with Crippen molar-refractivity contribution < 1.29 is 23.8 Å². The standard InChI is InChI=1S/C19H29NO5S/c1-12-10-14(15(26-12)16(21)23-7)24-13-8-9-20(19(5,6)11-13)17(22)25-18(2,3)4/h10,13H,8-9,11H2,1-7H3. The zero-order valence-electron chi connectivity index (χ0n) is 16.7. The molecule has 1 aromatic heterocycles. The molecular weight excluding hydrogens is 354 g/mol. The van der Waals surface area contributed by atoms with Crippen molar-refractivity contribution in [1.82, 2.24) is 4.90 Å². The zero-order valence-corrected chi connectivity index (χ0v) is 17.5. The summed E-state index contributed by atoms with van der Waals surface area (Å²) in [5, 5.41) is 0. The molecule has 6 nitrogen and oxygen atoms in total. The van der Waals surface area contributed by atoms with Gasteiger partial charge < -0.3 is 19.1 Å². The third-order valence-corrected chi connectivity index (χ3v) is 5.24. The summed E-state index contributed by atoms with van der Waals surface area (Å²) < 4.78 is 16.5. The summed E-state index contributed by atoms with van der Waals surface area (Å²) in [6.45, 7) is 12.1. The van der Waals surface area contributed by atoms with Crippen LogP contribution in [0.4, 0.5) is 4.79 Å². The van der Waals surface area contributed by atoms with Crippen LogP contribution >= 0.6 is 11.3 Å². The number of piperidine rings is 1. The largest absolute Gasteiger partial charge is 0.488 e. The van der Waals surface area contributed by atoms with Crippen LogP contribution in [0.1, 0.15) is 62.0 Å². The van der Waals surface area contributed by atoms with Crippen molar-refractivity contribution in [1.29, 1.82) is 0 Å². The Hall–Kier alpha value is -1.76. The summed E-state index contributed by atoms with van der Waals surface area (Å²) in [6.07, 6.45) is 0.948. The molecule has 1 fully saturated rings. The van der Waals surface area contributed by atoms with E-state index in [-0.39, 0.29) is 18.2 Å². The summed E-state index contributed by atoms with van der Waals surface area (Å²) in [4.78, 5) is 27.7. The van der Waals surface area contributed by atoms with Crippen molar-refractivity contribution in [3.05, 3.63) is 15.8 Å². The average molecular weight is 384 g/mol. The number of ether oxygens (including phenoxy) is 3. The SMILES string of the molecule is COC(=O)c1sc(C)cc1OC1CCN(C(=O)OC(C)(C)C)C(C)(C)C1. The number of aryl methyl sites for hydroxylation is 1. The normalized spacial score (nSPS) is 19.8. The molecule has 0 aromatic carbocycles. The highest BCUT2D eigenvalue weighted by molar-refractivity contribution is 7.14. The average Bonchev–Trinajstić information content (AvgIpc) is 2.84. The molecule has 2 rings (SSSR count). The van der Waals surface area contributed by atoms with Crippen LogP contribution in [-0.4, -0.2) is 47.9 Å². The maximum absolute atomic E-state index is 12.5. The highest BCUT2D eigenvalue weighted by Gasteiger charge is 2.40. The number of hydrogen-bond acceptors (Lipinski definition) is 6. The van der Waals surface area contributed by atoms with Crippen LogP contribution in [0.3, 0.4) is 0 Å². The fraction of sp³-hybridized carbons (Fsp3) is 0.684. The number of likely N-dealkylation sites (tertiary alicyclic amines) is 1. The molecule has 0 aliphatic carbocycles. The predicted molar refractivity (Wildman–Crippen MR) is 101 cm³/mol. The minimum Gasteiger partial charge on any atom is -0.488 e. The lowest BCUT2D eigenvalue weighted by Crippen LogP contribution is -2.56. The molecule has 1 aliphatic rings. The highest BCUT2D eigenvalue weighted by Crippen LogP contribution is 2.35. The third kappa shape index (κ3) is 4.90. The summed E-state index contributed by atoms with van der Waals surface area (Å²) in [6, 6.07) is 1.87. The van der Waals surface area contributed by atoms with Gasteiger partial charge in [0.1, 0.15) is 17.5 Å². The number of amides is 1. The topological polar surface area (TPSA) is 65.1 Å². The zero-order chi connectivity index (χ0) is 19.7. The Bertz CT molecular complexity index is 674. The van der Waals surface area contributed by atoms with Crippen molar-refractivity contribution in [2.24, 2.45) is 0 Å². The minimum atomic E-state index is -0.524. The lowest BCUT2D eigenvalue weighted by Gasteiger charge is -2.45. The van der Waals surface area contributed by atoms with Crippen molar-refractivity contribution >= 4 is 23.4 Å². The molecule has 2 heterocycles. The molecule has 146 valence electrons. The van der Waals surface area contributed by atoms with Crippen LogP contribution in [0.25, 0.3) is 0 Å². The van der Waals surface area contributed by atoms with Gasteiger partial charge >= 0.3 is 12.1 Å². The molecular formula is C19H29NO5S. The van der Waals surface area contributed by atoms with E-state index in [9.17, 15) is 9.59 Å². The maximum Gasteiger partial charge on any atom is 0.410 e. The predicted octanol–water partition coefficient (Wildman–Crippen LogP) is 4.40. The Balaban J connectivity index is 2.08. The van der Waals surface area contributed by atoms with Gasteiger partial charge in [-0.3, -0.25) is 0 Å². The van der Waals surface area contributed by atoms with Gasteiger partial charge in [0.2, 0.25) is 0 Å². The Labute approximate surface area is 159 Å². The monoisotopic (exact) mass is 383 g/mol. The van der Waals surface area contributed by atoms with Crippen LogP contribution in [-0.2, 0) is 9.47 Å².